The van der Waals surface area contributed by atoms with Crippen LogP contribution in [0.4, 0.5) is 10.3 Å². The van der Waals surface area contributed by atoms with Gasteiger partial charge in [-0.3, -0.25) is 8.96 Å². The number of aromatic amines is 1. The molecule has 0 aliphatic heterocycles. The van der Waals surface area contributed by atoms with E-state index in [4.69, 9.17) is 18.0 Å². The van der Waals surface area contributed by atoms with Gasteiger partial charge in [-0.1, -0.05) is 0 Å². The highest BCUT2D eigenvalue weighted by Crippen LogP contribution is 2.00. The lowest BCUT2D eigenvalue weighted by Gasteiger charge is -1.98. The lowest BCUT2D eigenvalue weighted by atomic mass is 10.5. The first kappa shape index (κ1) is 8.19. The second kappa shape index (κ2) is 3.47. The van der Waals surface area contributed by atoms with Crippen LogP contribution in [-0.2, 0) is 6.54 Å². The minimum Gasteiger partial charge on any atom is -0.368 e. The minimum atomic E-state index is -0.369. The summed E-state index contributed by atoms with van der Waals surface area (Å²) < 4.78 is 13.7. The van der Waals surface area contributed by atoms with Crippen LogP contribution in [0.1, 0.15) is 6.42 Å². The predicted molar refractivity (Wildman–Crippen MR) is 42.4 cm³/mol. The van der Waals surface area contributed by atoms with Gasteiger partial charge in [0, 0.05) is 6.54 Å². The van der Waals surface area contributed by atoms with Crippen molar-refractivity contribution < 1.29 is 4.39 Å². The maximum atomic E-state index is 11.7. The fraction of sp³-hybridized carbons (Fsp3) is 0.600. The molecular formula is C5H9FN4S. The molecule has 6 heteroatoms. The van der Waals surface area contributed by atoms with Crippen molar-refractivity contribution in [2.45, 2.75) is 13.0 Å². The summed E-state index contributed by atoms with van der Waals surface area (Å²) in [7, 11) is 0. The number of anilines is 1. The standard InChI is InChI=1S/C5H9FN4S/c6-2-1-3-10-4(7)8-9-5(10)11/h1-3H2,(H2,7,8)(H,9,11). The van der Waals surface area contributed by atoms with Gasteiger partial charge in [-0.15, -0.1) is 5.10 Å². The Morgan fingerprint density at radius 1 is 1.73 bits per heavy atom. The number of nitrogens with two attached hydrogens (primary N) is 1. The van der Waals surface area contributed by atoms with Crippen molar-refractivity contribution in [2.75, 3.05) is 12.4 Å². The van der Waals surface area contributed by atoms with E-state index in [9.17, 15) is 4.39 Å². The Hall–Kier alpha value is -0.910. The lowest BCUT2D eigenvalue weighted by Crippen LogP contribution is -2.03. The smallest absolute Gasteiger partial charge is 0.220 e. The van der Waals surface area contributed by atoms with E-state index >= 15 is 0 Å². The SMILES string of the molecule is Nc1n[nH]c(=S)n1CCCF. The first-order chi connectivity index (χ1) is 5.25. The second-order valence-electron chi connectivity index (χ2n) is 2.08. The summed E-state index contributed by atoms with van der Waals surface area (Å²) in [6.07, 6.45) is 0.415. The molecule has 0 aliphatic carbocycles. The number of nitrogens with zero attached hydrogens (tertiary/aromatic N) is 2. The molecular weight excluding hydrogens is 167 g/mol. The molecule has 1 aromatic heterocycles. The van der Waals surface area contributed by atoms with Crippen LogP contribution in [-0.4, -0.2) is 21.4 Å². The predicted octanol–water partition coefficient (Wildman–Crippen LogP) is 0.882. The van der Waals surface area contributed by atoms with E-state index in [1.54, 1.807) is 4.57 Å². The Kier molecular flexibility index (Phi) is 2.58. The normalized spacial score (nSPS) is 10.3. The number of hydrogen-bond donors (Lipinski definition) is 2. The number of nitrogen functional groups attached to an aromatic ring is 1. The van der Waals surface area contributed by atoms with Gasteiger partial charge in [0.1, 0.15) is 0 Å². The molecule has 0 fully saturated rings. The van der Waals surface area contributed by atoms with Crippen molar-refractivity contribution in [1.29, 1.82) is 0 Å². The molecule has 0 saturated heterocycles. The van der Waals surface area contributed by atoms with E-state index in [-0.39, 0.29) is 6.67 Å². The van der Waals surface area contributed by atoms with Gasteiger partial charge < -0.3 is 5.73 Å². The fourth-order valence-corrected chi connectivity index (χ4v) is 0.994. The molecule has 0 amide bonds. The highest BCUT2D eigenvalue weighted by atomic mass is 32.1. The minimum absolute atomic E-state index is 0.309. The van der Waals surface area contributed by atoms with Crippen molar-refractivity contribution >= 4 is 18.2 Å². The Balaban J connectivity index is 2.75. The lowest BCUT2D eigenvalue weighted by molar-refractivity contribution is 0.447. The summed E-state index contributed by atoms with van der Waals surface area (Å²) in [5.74, 6) is 0.309. The third kappa shape index (κ3) is 1.76. The molecule has 0 unspecified atom stereocenters. The van der Waals surface area contributed by atoms with Crippen molar-refractivity contribution in [2.24, 2.45) is 0 Å². The topological polar surface area (TPSA) is 59.6 Å². The molecule has 0 bridgehead atoms. The van der Waals surface area contributed by atoms with Crippen molar-refractivity contribution in [1.82, 2.24) is 14.8 Å². The largest absolute Gasteiger partial charge is 0.368 e. The van der Waals surface area contributed by atoms with E-state index in [1.807, 2.05) is 0 Å². The Morgan fingerprint density at radius 3 is 2.91 bits per heavy atom. The van der Waals surface area contributed by atoms with Crippen LogP contribution in [0, 0.1) is 4.77 Å². The van der Waals surface area contributed by atoms with Gasteiger partial charge in [-0.05, 0) is 18.6 Å². The van der Waals surface area contributed by atoms with Gasteiger partial charge in [-0.25, -0.2) is 5.10 Å². The number of halogens is 1. The first-order valence-corrected chi connectivity index (χ1v) is 3.63. The molecule has 0 atom stereocenters. The van der Waals surface area contributed by atoms with E-state index in [2.05, 4.69) is 10.2 Å². The average molecular weight is 176 g/mol. The van der Waals surface area contributed by atoms with Crippen LogP contribution in [0.2, 0.25) is 0 Å². The molecule has 1 rings (SSSR count). The zero-order valence-electron chi connectivity index (χ0n) is 5.88. The summed E-state index contributed by atoms with van der Waals surface area (Å²) in [5, 5.41) is 6.18. The molecule has 62 valence electrons. The molecule has 0 saturated carbocycles. The summed E-state index contributed by atoms with van der Waals surface area (Å²) in [6.45, 7) is 0.115. The van der Waals surface area contributed by atoms with Crippen LogP contribution in [0.15, 0.2) is 0 Å². The molecule has 1 aromatic rings. The molecule has 0 spiro atoms. The molecule has 3 N–H and O–H groups in total. The van der Waals surface area contributed by atoms with E-state index < -0.39 is 0 Å². The number of alkyl halides is 1. The Labute approximate surface area is 68.2 Å². The monoisotopic (exact) mass is 176 g/mol. The van der Waals surface area contributed by atoms with Gasteiger partial charge in [-0.2, -0.15) is 0 Å². The highest BCUT2D eigenvalue weighted by Gasteiger charge is 1.99. The molecule has 0 aromatic carbocycles. The molecule has 0 aliphatic rings. The number of rotatable bonds is 3. The number of hydrogen-bond acceptors (Lipinski definition) is 3. The summed E-state index contributed by atoms with van der Waals surface area (Å²) >= 11 is 4.83. The Morgan fingerprint density at radius 2 is 2.45 bits per heavy atom. The van der Waals surface area contributed by atoms with Crippen LogP contribution < -0.4 is 5.73 Å². The maximum Gasteiger partial charge on any atom is 0.220 e. The van der Waals surface area contributed by atoms with Crippen LogP contribution in [0.25, 0.3) is 0 Å². The quantitative estimate of drug-likeness (QED) is 0.672. The van der Waals surface area contributed by atoms with E-state index in [0.717, 1.165) is 0 Å². The number of aromatic nitrogens is 3. The van der Waals surface area contributed by atoms with Crippen molar-refractivity contribution in [3.8, 4) is 0 Å². The van der Waals surface area contributed by atoms with Gasteiger partial charge >= 0.3 is 0 Å². The summed E-state index contributed by atoms with van der Waals surface area (Å²) in [6, 6.07) is 0. The molecule has 11 heavy (non-hydrogen) atoms. The number of nitrogens with one attached hydrogen (secondary N) is 1. The molecule has 0 radical (unpaired) electrons. The third-order valence-corrected chi connectivity index (χ3v) is 1.61. The second-order valence-corrected chi connectivity index (χ2v) is 2.47. The van der Waals surface area contributed by atoms with Gasteiger partial charge in [0.25, 0.3) is 0 Å². The highest BCUT2D eigenvalue weighted by molar-refractivity contribution is 7.71. The van der Waals surface area contributed by atoms with E-state index in [0.29, 0.717) is 23.7 Å². The summed E-state index contributed by atoms with van der Waals surface area (Å²) in [5.41, 5.74) is 5.41. The summed E-state index contributed by atoms with van der Waals surface area (Å²) in [4.78, 5) is 0. The van der Waals surface area contributed by atoms with Crippen molar-refractivity contribution in [3.63, 3.8) is 0 Å². The average Bonchev–Trinajstić information content (AvgIpc) is 2.29. The van der Waals surface area contributed by atoms with Crippen LogP contribution in [0.3, 0.4) is 0 Å². The third-order valence-electron chi connectivity index (χ3n) is 1.30. The van der Waals surface area contributed by atoms with E-state index in [1.165, 1.54) is 0 Å². The first-order valence-electron chi connectivity index (χ1n) is 3.22. The fourth-order valence-electron chi connectivity index (χ4n) is 0.764. The Bertz CT molecular complexity index is 278. The van der Waals surface area contributed by atoms with Crippen LogP contribution >= 0.6 is 12.2 Å². The zero-order chi connectivity index (χ0) is 8.27. The van der Waals surface area contributed by atoms with Crippen LogP contribution in [0.5, 0.6) is 0 Å². The number of H-pyrrole nitrogens is 1. The molecule has 1 heterocycles. The molecule has 4 nitrogen and oxygen atoms in total. The van der Waals surface area contributed by atoms with Gasteiger partial charge in [0.15, 0.2) is 4.77 Å². The maximum absolute atomic E-state index is 11.7. The van der Waals surface area contributed by atoms with Gasteiger partial charge in [0.2, 0.25) is 5.95 Å². The zero-order valence-corrected chi connectivity index (χ0v) is 6.70. The van der Waals surface area contributed by atoms with Crippen molar-refractivity contribution in [3.05, 3.63) is 4.77 Å². The van der Waals surface area contributed by atoms with Gasteiger partial charge in [0.05, 0.1) is 6.67 Å².